The van der Waals surface area contributed by atoms with Crippen LogP contribution in [0.5, 0.6) is 0 Å². The fourth-order valence-electron chi connectivity index (χ4n) is 3.81. The number of benzene rings is 3. The molecule has 3 aromatic rings. The van der Waals surface area contributed by atoms with E-state index in [2.05, 4.69) is 35.3 Å². The number of aliphatic imine (C=N–C) groups is 1. The molecule has 0 atom stereocenters. The Morgan fingerprint density at radius 2 is 1.82 bits per heavy atom. The smallest absolute Gasteiger partial charge is 0.413 e. The molecule has 0 saturated heterocycles. The van der Waals surface area contributed by atoms with Gasteiger partial charge in [0, 0.05) is 23.7 Å². The highest BCUT2D eigenvalue weighted by atomic mass is 35.5. The fraction of sp³-hybridized carbons (Fsp3) is 0.217. The van der Waals surface area contributed by atoms with Crippen LogP contribution in [0.25, 0.3) is 10.8 Å². The lowest BCUT2D eigenvalue weighted by molar-refractivity contribution is 0.167. The van der Waals surface area contributed by atoms with Crippen LogP contribution in [0.2, 0.25) is 5.02 Å². The predicted molar refractivity (Wildman–Crippen MR) is 114 cm³/mol. The first-order chi connectivity index (χ1) is 13.6. The Labute approximate surface area is 169 Å². The number of rotatable bonds is 4. The monoisotopic (exact) mass is 392 g/mol. The minimum Gasteiger partial charge on any atom is -0.465 e. The summed E-state index contributed by atoms with van der Waals surface area (Å²) in [6.45, 7) is 1.10. The second kappa shape index (κ2) is 8.03. The summed E-state index contributed by atoms with van der Waals surface area (Å²) in [6, 6.07) is 20.3. The van der Waals surface area contributed by atoms with Crippen molar-refractivity contribution in [3.63, 3.8) is 0 Å². The number of carbonyl (C=O) groups is 1. The maximum Gasteiger partial charge on any atom is 0.413 e. The molecule has 0 spiro atoms. The van der Waals surface area contributed by atoms with Crippen molar-refractivity contribution in [2.45, 2.75) is 19.3 Å². The SMILES string of the molecule is O=C(O)N1CCCN=C1c1cccc(Cl)c1CCc1cccc2ccccc12. The number of nitrogens with zero attached hydrogens (tertiary/aromatic N) is 2. The molecule has 0 aromatic heterocycles. The molecule has 28 heavy (non-hydrogen) atoms. The Kier molecular flexibility index (Phi) is 5.31. The third-order valence-corrected chi connectivity index (χ3v) is 5.53. The van der Waals surface area contributed by atoms with Crippen molar-refractivity contribution in [3.8, 4) is 0 Å². The molecule has 0 saturated carbocycles. The molecule has 0 fully saturated rings. The molecule has 0 unspecified atom stereocenters. The number of carboxylic acid groups (broad SMARTS) is 1. The molecule has 3 aromatic carbocycles. The van der Waals surface area contributed by atoms with Gasteiger partial charge in [-0.05, 0) is 47.2 Å². The van der Waals surface area contributed by atoms with Gasteiger partial charge in [0.2, 0.25) is 0 Å². The van der Waals surface area contributed by atoms with E-state index in [9.17, 15) is 9.90 Å². The molecule has 4 nitrogen and oxygen atoms in total. The summed E-state index contributed by atoms with van der Waals surface area (Å²) in [5.74, 6) is 0.508. The van der Waals surface area contributed by atoms with Crippen LogP contribution < -0.4 is 0 Å². The van der Waals surface area contributed by atoms with Gasteiger partial charge in [-0.1, -0.05) is 66.2 Å². The van der Waals surface area contributed by atoms with E-state index in [1.54, 1.807) is 0 Å². The largest absolute Gasteiger partial charge is 0.465 e. The van der Waals surface area contributed by atoms with Gasteiger partial charge in [0.1, 0.15) is 5.84 Å². The van der Waals surface area contributed by atoms with Gasteiger partial charge < -0.3 is 5.11 Å². The molecule has 142 valence electrons. The Morgan fingerprint density at radius 1 is 1.04 bits per heavy atom. The topological polar surface area (TPSA) is 52.9 Å². The normalized spacial score (nSPS) is 14.2. The first-order valence-corrected chi connectivity index (χ1v) is 9.82. The summed E-state index contributed by atoms with van der Waals surface area (Å²) in [5, 5.41) is 12.7. The van der Waals surface area contributed by atoms with Crippen LogP contribution in [0, 0.1) is 0 Å². The van der Waals surface area contributed by atoms with Crippen molar-refractivity contribution in [2.24, 2.45) is 4.99 Å². The van der Waals surface area contributed by atoms with Gasteiger partial charge in [0.15, 0.2) is 0 Å². The number of amidine groups is 1. The zero-order chi connectivity index (χ0) is 19.5. The van der Waals surface area contributed by atoms with E-state index >= 15 is 0 Å². The molecule has 1 heterocycles. The Morgan fingerprint density at radius 3 is 2.68 bits per heavy atom. The van der Waals surface area contributed by atoms with Gasteiger partial charge in [-0.3, -0.25) is 9.89 Å². The molecule has 0 bridgehead atoms. The molecular formula is C23H21ClN2O2. The van der Waals surface area contributed by atoms with Crippen molar-refractivity contribution in [2.75, 3.05) is 13.1 Å². The highest BCUT2D eigenvalue weighted by molar-refractivity contribution is 6.32. The van der Waals surface area contributed by atoms with Gasteiger partial charge in [-0.25, -0.2) is 4.79 Å². The van der Waals surface area contributed by atoms with E-state index in [0.29, 0.717) is 23.9 Å². The molecule has 0 aliphatic carbocycles. The van der Waals surface area contributed by atoms with Crippen molar-refractivity contribution < 1.29 is 9.90 Å². The predicted octanol–water partition coefficient (Wildman–Crippen LogP) is 5.41. The molecule has 0 radical (unpaired) electrons. The number of aryl methyl sites for hydroxylation is 1. The van der Waals surface area contributed by atoms with Crippen LogP contribution in [0.1, 0.15) is 23.1 Å². The summed E-state index contributed by atoms with van der Waals surface area (Å²) >= 11 is 6.54. The summed E-state index contributed by atoms with van der Waals surface area (Å²) in [6.07, 6.45) is 1.30. The Hall–Kier alpha value is -2.85. The standard InChI is InChI=1S/C23H21ClN2O2/c24-21-11-4-10-20(22-25-14-5-15-26(22)23(27)28)19(21)13-12-17-8-3-7-16-6-1-2-9-18(16)17/h1-4,6-11H,5,12-15H2,(H,27,28). The summed E-state index contributed by atoms with van der Waals surface area (Å²) in [5.41, 5.74) is 3.02. The van der Waals surface area contributed by atoms with Gasteiger partial charge in [-0.15, -0.1) is 0 Å². The highest BCUT2D eigenvalue weighted by Crippen LogP contribution is 2.27. The van der Waals surface area contributed by atoms with Gasteiger partial charge >= 0.3 is 6.09 Å². The van der Waals surface area contributed by atoms with Gasteiger partial charge in [0.25, 0.3) is 0 Å². The van der Waals surface area contributed by atoms with Crippen LogP contribution in [-0.4, -0.2) is 35.0 Å². The van der Waals surface area contributed by atoms with Crippen LogP contribution in [0.3, 0.4) is 0 Å². The summed E-state index contributed by atoms with van der Waals surface area (Å²) < 4.78 is 0. The van der Waals surface area contributed by atoms with Crippen LogP contribution in [-0.2, 0) is 12.8 Å². The molecule has 1 aliphatic rings. The lowest BCUT2D eigenvalue weighted by Crippen LogP contribution is -2.40. The number of hydrogen-bond acceptors (Lipinski definition) is 2. The number of hydrogen-bond donors (Lipinski definition) is 1. The van der Waals surface area contributed by atoms with E-state index in [1.165, 1.54) is 21.2 Å². The van der Waals surface area contributed by atoms with Crippen molar-refractivity contribution in [3.05, 3.63) is 82.4 Å². The minimum absolute atomic E-state index is 0.462. The summed E-state index contributed by atoms with van der Waals surface area (Å²) in [7, 11) is 0. The minimum atomic E-state index is -0.974. The average molecular weight is 393 g/mol. The summed E-state index contributed by atoms with van der Waals surface area (Å²) in [4.78, 5) is 17.5. The van der Waals surface area contributed by atoms with Gasteiger partial charge in [-0.2, -0.15) is 0 Å². The molecule has 5 heteroatoms. The molecular weight excluding hydrogens is 372 g/mol. The highest BCUT2D eigenvalue weighted by Gasteiger charge is 2.25. The third-order valence-electron chi connectivity index (χ3n) is 5.17. The van der Waals surface area contributed by atoms with E-state index < -0.39 is 6.09 Å². The zero-order valence-electron chi connectivity index (χ0n) is 15.4. The zero-order valence-corrected chi connectivity index (χ0v) is 16.2. The number of fused-ring (bicyclic) bond motifs is 1. The van der Waals surface area contributed by atoms with Crippen LogP contribution in [0.4, 0.5) is 4.79 Å². The first-order valence-electron chi connectivity index (χ1n) is 9.44. The maximum atomic E-state index is 11.7. The van der Waals surface area contributed by atoms with Crippen LogP contribution in [0.15, 0.2) is 65.7 Å². The molecule has 4 rings (SSSR count). The molecule has 1 aliphatic heterocycles. The van der Waals surface area contributed by atoms with E-state index in [4.69, 9.17) is 11.6 Å². The van der Waals surface area contributed by atoms with E-state index in [1.807, 2.05) is 30.3 Å². The third kappa shape index (κ3) is 3.60. The lowest BCUT2D eigenvalue weighted by Gasteiger charge is -2.26. The lowest BCUT2D eigenvalue weighted by atomic mass is 9.95. The number of halogens is 1. The molecule has 1 N–H and O–H groups in total. The Balaban J connectivity index is 1.69. The Bertz CT molecular complexity index is 1060. The van der Waals surface area contributed by atoms with Crippen molar-refractivity contribution in [1.82, 2.24) is 4.90 Å². The van der Waals surface area contributed by atoms with E-state index in [0.717, 1.165) is 30.4 Å². The second-order valence-corrected chi connectivity index (χ2v) is 7.30. The quantitative estimate of drug-likeness (QED) is 0.645. The van der Waals surface area contributed by atoms with Gasteiger partial charge in [0.05, 0.1) is 0 Å². The fourth-order valence-corrected chi connectivity index (χ4v) is 4.08. The van der Waals surface area contributed by atoms with Crippen molar-refractivity contribution >= 4 is 34.3 Å². The second-order valence-electron chi connectivity index (χ2n) is 6.90. The number of amides is 1. The maximum absolute atomic E-state index is 11.7. The van der Waals surface area contributed by atoms with Crippen molar-refractivity contribution in [1.29, 1.82) is 0 Å². The molecule has 1 amide bonds. The van der Waals surface area contributed by atoms with E-state index in [-0.39, 0.29) is 0 Å². The average Bonchev–Trinajstić information content (AvgIpc) is 2.72. The van der Waals surface area contributed by atoms with Crippen LogP contribution >= 0.6 is 11.6 Å². The first kappa shape index (κ1) is 18.5.